The first-order valence-corrected chi connectivity index (χ1v) is 7.98. The van der Waals surface area contributed by atoms with E-state index in [-0.39, 0.29) is 29.0 Å². The zero-order valence-corrected chi connectivity index (χ0v) is 15.0. The van der Waals surface area contributed by atoms with Gasteiger partial charge in [0.05, 0.1) is 37.5 Å². The third kappa shape index (κ3) is 5.50. The van der Waals surface area contributed by atoms with Crippen LogP contribution in [-0.4, -0.2) is 38.7 Å². The highest BCUT2D eigenvalue weighted by atomic mass is 19.3. The lowest BCUT2D eigenvalue weighted by molar-refractivity contribution is -0.115. The van der Waals surface area contributed by atoms with Gasteiger partial charge in [0.2, 0.25) is 5.91 Å². The molecule has 1 N–H and O–H groups in total. The predicted octanol–water partition coefficient (Wildman–Crippen LogP) is 3.04. The van der Waals surface area contributed by atoms with E-state index in [0.717, 1.165) is 0 Å². The second-order valence-corrected chi connectivity index (χ2v) is 5.49. The molecule has 0 spiro atoms. The molecule has 2 rings (SSSR count). The fourth-order valence-corrected chi connectivity index (χ4v) is 2.35. The highest BCUT2D eigenvalue weighted by Crippen LogP contribution is 2.21. The maximum Gasteiger partial charge on any atom is 0.387 e. The Morgan fingerprint density at radius 1 is 0.964 bits per heavy atom. The summed E-state index contributed by atoms with van der Waals surface area (Å²) in [5, 5.41) is 2.54. The number of rotatable bonds is 7. The van der Waals surface area contributed by atoms with Crippen molar-refractivity contribution in [2.45, 2.75) is 13.0 Å². The van der Waals surface area contributed by atoms with Gasteiger partial charge < -0.3 is 19.5 Å². The van der Waals surface area contributed by atoms with Crippen LogP contribution in [0.1, 0.15) is 26.3 Å². The van der Waals surface area contributed by atoms with Gasteiger partial charge in [0, 0.05) is 0 Å². The van der Waals surface area contributed by atoms with E-state index in [2.05, 4.69) is 19.5 Å². The number of alkyl halides is 2. The molecule has 0 aliphatic carbocycles. The molecule has 0 unspecified atom stereocenters. The summed E-state index contributed by atoms with van der Waals surface area (Å²) in [4.78, 5) is 35.9. The molecule has 0 fully saturated rings. The van der Waals surface area contributed by atoms with Gasteiger partial charge in [-0.05, 0) is 35.9 Å². The van der Waals surface area contributed by atoms with Crippen molar-refractivity contribution < 1.29 is 37.4 Å². The topological polar surface area (TPSA) is 90.9 Å². The van der Waals surface area contributed by atoms with Gasteiger partial charge in [0.1, 0.15) is 5.75 Å². The highest BCUT2D eigenvalue weighted by molar-refractivity contribution is 6.03. The number of hydrogen-bond acceptors (Lipinski definition) is 6. The Morgan fingerprint density at radius 2 is 1.61 bits per heavy atom. The van der Waals surface area contributed by atoms with Crippen molar-refractivity contribution in [1.82, 2.24) is 0 Å². The summed E-state index contributed by atoms with van der Waals surface area (Å²) < 4.78 is 37.9. The Kier molecular flexibility index (Phi) is 7.02. The lowest BCUT2D eigenvalue weighted by atomic mass is 10.1. The molecule has 148 valence electrons. The molecule has 2 aromatic rings. The first-order valence-electron chi connectivity index (χ1n) is 7.98. The molecular weight excluding hydrogens is 376 g/mol. The number of ether oxygens (including phenoxy) is 3. The van der Waals surface area contributed by atoms with E-state index in [1.54, 1.807) is 0 Å². The molecule has 0 saturated heterocycles. The lowest BCUT2D eigenvalue weighted by Crippen LogP contribution is -2.18. The van der Waals surface area contributed by atoms with E-state index in [1.165, 1.54) is 56.7 Å². The number of carbonyl (C=O) groups is 3. The minimum Gasteiger partial charge on any atom is -0.465 e. The van der Waals surface area contributed by atoms with Crippen LogP contribution in [0, 0.1) is 0 Å². The minimum atomic E-state index is -2.94. The van der Waals surface area contributed by atoms with E-state index < -0.39 is 24.5 Å². The zero-order valence-electron chi connectivity index (χ0n) is 15.0. The average Bonchev–Trinajstić information content (AvgIpc) is 2.67. The largest absolute Gasteiger partial charge is 0.465 e. The standard InChI is InChI=1S/C19H17F2NO6/c1-26-17(24)12-5-8-14(18(25)27-2)15(10-12)22-16(23)9-11-3-6-13(7-4-11)28-19(20)21/h3-8,10,19H,9H2,1-2H3,(H,22,23). The summed E-state index contributed by atoms with van der Waals surface area (Å²) in [7, 11) is 2.39. The van der Waals surface area contributed by atoms with Crippen LogP contribution in [-0.2, 0) is 20.7 Å². The van der Waals surface area contributed by atoms with Gasteiger partial charge in [-0.1, -0.05) is 12.1 Å². The van der Waals surface area contributed by atoms with Crippen LogP contribution < -0.4 is 10.1 Å². The first-order chi connectivity index (χ1) is 13.3. The van der Waals surface area contributed by atoms with Crippen LogP contribution >= 0.6 is 0 Å². The van der Waals surface area contributed by atoms with Crippen molar-refractivity contribution in [3.05, 3.63) is 59.2 Å². The molecule has 0 aromatic heterocycles. The summed E-state index contributed by atoms with van der Waals surface area (Å²) in [6.07, 6.45) is -0.0992. The predicted molar refractivity (Wildman–Crippen MR) is 94.5 cm³/mol. The molecule has 0 saturated carbocycles. The van der Waals surface area contributed by atoms with Crippen molar-refractivity contribution in [2.75, 3.05) is 19.5 Å². The molecule has 9 heteroatoms. The Bertz CT molecular complexity index is 867. The number of methoxy groups -OCH3 is 2. The number of carbonyl (C=O) groups excluding carboxylic acids is 3. The zero-order chi connectivity index (χ0) is 20.7. The lowest BCUT2D eigenvalue weighted by Gasteiger charge is -2.12. The van der Waals surface area contributed by atoms with Crippen molar-refractivity contribution in [3.63, 3.8) is 0 Å². The smallest absolute Gasteiger partial charge is 0.387 e. The molecule has 0 bridgehead atoms. The second kappa shape index (κ2) is 9.45. The minimum absolute atomic E-state index is 0.0297. The number of anilines is 1. The number of benzene rings is 2. The van der Waals surface area contributed by atoms with Crippen molar-refractivity contribution in [1.29, 1.82) is 0 Å². The van der Waals surface area contributed by atoms with Gasteiger partial charge in [0.25, 0.3) is 0 Å². The fraction of sp³-hybridized carbons (Fsp3) is 0.211. The fourth-order valence-electron chi connectivity index (χ4n) is 2.35. The van der Waals surface area contributed by atoms with Crippen LogP contribution in [0.5, 0.6) is 5.75 Å². The van der Waals surface area contributed by atoms with Gasteiger partial charge in [-0.2, -0.15) is 8.78 Å². The van der Waals surface area contributed by atoms with E-state index in [1.807, 2.05) is 0 Å². The monoisotopic (exact) mass is 393 g/mol. The Hall–Kier alpha value is -3.49. The molecule has 0 aliphatic rings. The molecule has 2 aromatic carbocycles. The molecule has 7 nitrogen and oxygen atoms in total. The summed E-state index contributed by atoms with van der Waals surface area (Å²) in [5.74, 6) is -1.85. The quantitative estimate of drug-likeness (QED) is 0.727. The van der Waals surface area contributed by atoms with Gasteiger partial charge in [0.15, 0.2) is 0 Å². The van der Waals surface area contributed by atoms with E-state index in [9.17, 15) is 23.2 Å². The maximum absolute atomic E-state index is 12.3. The average molecular weight is 393 g/mol. The van der Waals surface area contributed by atoms with Crippen molar-refractivity contribution in [3.8, 4) is 5.75 Å². The number of hydrogen-bond donors (Lipinski definition) is 1. The summed E-state index contributed by atoms with van der Waals surface area (Å²) in [6, 6.07) is 9.56. The number of esters is 2. The van der Waals surface area contributed by atoms with Gasteiger partial charge in [-0.25, -0.2) is 9.59 Å². The molecule has 0 radical (unpaired) electrons. The normalized spacial score (nSPS) is 10.3. The van der Waals surface area contributed by atoms with E-state index in [4.69, 9.17) is 0 Å². The van der Waals surface area contributed by atoms with E-state index in [0.29, 0.717) is 5.56 Å². The van der Waals surface area contributed by atoms with Crippen LogP contribution in [0.15, 0.2) is 42.5 Å². The van der Waals surface area contributed by atoms with Gasteiger partial charge >= 0.3 is 18.6 Å². The van der Waals surface area contributed by atoms with Crippen LogP contribution in [0.25, 0.3) is 0 Å². The molecule has 0 heterocycles. The van der Waals surface area contributed by atoms with Crippen LogP contribution in [0.2, 0.25) is 0 Å². The molecule has 28 heavy (non-hydrogen) atoms. The SMILES string of the molecule is COC(=O)c1ccc(C(=O)OC)c(NC(=O)Cc2ccc(OC(F)F)cc2)c1. The second-order valence-electron chi connectivity index (χ2n) is 5.49. The van der Waals surface area contributed by atoms with Gasteiger partial charge in [-0.3, -0.25) is 4.79 Å². The molecule has 0 aliphatic heterocycles. The molecular formula is C19H17F2NO6. The summed E-state index contributed by atoms with van der Waals surface area (Å²) >= 11 is 0. The Labute approximate surface area is 159 Å². The van der Waals surface area contributed by atoms with Gasteiger partial charge in [-0.15, -0.1) is 0 Å². The molecule has 0 atom stereocenters. The Balaban J connectivity index is 2.17. The van der Waals surface area contributed by atoms with Crippen molar-refractivity contribution >= 4 is 23.5 Å². The molecule has 1 amide bonds. The number of nitrogens with one attached hydrogen (secondary N) is 1. The Morgan fingerprint density at radius 3 is 2.18 bits per heavy atom. The first kappa shape index (κ1) is 20.8. The maximum atomic E-state index is 12.3. The third-order valence-corrected chi connectivity index (χ3v) is 3.63. The number of halogens is 2. The van der Waals surface area contributed by atoms with Crippen LogP contribution in [0.4, 0.5) is 14.5 Å². The van der Waals surface area contributed by atoms with Crippen LogP contribution in [0.3, 0.4) is 0 Å². The van der Waals surface area contributed by atoms with Crippen molar-refractivity contribution in [2.24, 2.45) is 0 Å². The van der Waals surface area contributed by atoms with E-state index >= 15 is 0 Å². The third-order valence-electron chi connectivity index (χ3n) is 3.63. The summed E-state index contributed by atoms with van der Waals surface area (Å²) in [5.41, 5.74) is 0.809. The highest BCUT2D eigenvalue weighted by Gasteiger charge is 2.17. The summed E-state index contributed by atoms with van der Waals surface area (Å²) in [6.45, 7) is -2.94. The number of amides is 1.